The zero-order valence-corrected chi connectivity index (χ0v) is 13.2. The topological polar surface area (TPSA) is 100 Å². The first-order valence-electron chi connectivity index (χ1n) is 6.95. The third-order valence-corrected chi connectivity index (χ3v) is 3.35. The average molecular weight is 338 g/mol. The number of carboxylic acid groups (broad SMARTS) is 1. The molecule has 2 rings (SSSR count). The van der Waals surface area contributed by atoms with Crippen molar-refractivity contribution in [3.63, 3.8) is 0 Å². The molecule has 23 heavy (non-hydrogen) atoms. The molecule has 2 N–H and O–H groups in total. The number of hydrogen-bond donors (Lipinski definition) is 2. The number of amides is 2. The number of halogens is 1. The van der Waals surface area contributed by atoms with Crippen molar-refractivity contribution in [3.8, 4) is 5.69 Å². The fraction of sp³-hybridized carbons (Fsp3) is 0.286. The summed E-state index contributed by atoms with van der Waals surface area (Å²) in [7, 11) is 0. The van der Waals surface area contributed by atoms with Crippen LogP contribution >= 0.6 is 11.6 Å². The molecule has 0 aromatic carbocycles. The zero-order chi connectivity index (χ0) is 16.8. The molecule has 0 atom stereocenters. The summed E-state index contributed by atoms with van der Waals surface area (Å²) in [4.78, 5) is 28.1. The molecule has 122 valence electrons. The molecular formula is C14H16ClN5O3. The molecule has 0 saturated carbocycles. The Labute approximate surface area is 137 Å². The molecule has 0 bridgehead atoms. The van der Waals surface area contributed by atoms with Gasteiger partial charge in [0.05, 0.1) is 18.1 Å². The first-order valence-corrected chi connectivity index (χ1v) is 7.33. The third kappa shape index (κ3) is 4.19. The summed E-state index contributed by atoms with van der Waals surface area (Å²) in [6, 6.07) is 3.58. The van der Waals surface area contributed by atoms with Gasteiger partial charge < -0.3 is 15.3 Å². The Morgan fingerprint density at radius 1 is 1.48 bits per heavy atom. The van der Waals surface area contributed by atoms with Gasteiger partial charge in [-0.05, 0) is 19.1 Å². The van der Waals surface area contributed by atoms with Crippen molar-refractivity contribution in [3.05, 3.63) is 35.9 Å². The SMILES string of the molecule is CCN(C(=O)CCNC(=O)O)c1cn(-c2cccnc2)nc1Cl. The van der Waals surface area contributed by atoms with Crippen molar-refractivity contribution in [2.24, 2.45) is 0 Å². The normalized spacial score (nSPS) is 10.3. The van der Waals surface area contributed by atoms with E-state index in [-0.39, 0.29) is 24.0 Å². The van der Waals surface area contributed by atoms with E-state index in [0.717, 1.165) is 5.69 Å². The molecule has 0 fully saturated rings. The Morgan fingerprint density at radius 3 is 2.87 bits per heavy atom. The van der Waals surface area contributed by atoms with Gasteiger partial charge >= 0.3 is 6.09 Å². The van der Waals surface area contributed by atoms with Crippen molar-refractivity contribution in [2.75, 3.05) is 18.0 Å². The number of anilines is 1. The Kier molecular flexibility index (Phi) is 5.53. The number of nitrogens with zero attached hydrogens (tertiary/aromatic N) is 4. The number of pyridine rings is 1. The molecule has 0 aliphatic heterocycles. The Morgan fingerprint density at radius 2 is 2.26 bits per heavy atom. The molecule has 2 aromatic heterocycles. The lowest BCUT2D eigenvalue weighted by Gasteiger charge is -2.19. The van der Waals surface area contributed by atoms with E-state index in [1.165, 1.54) is 9.58 Å². The van der Waals surface area contributed by atoms with Crippen LogP contribution in [0.25, 0.3) is 5.69 Å². The Bertz CT molecular complexity index is 689. The van der Waals surface area contributed by atoms with Gasteiger partial charge in [0.25, 0.3) is 0 Å². The van der Waals surface area contributed by atoms with Gasteiger partial charge in [-0.3, -0.25) is 9.78 Å². The van der Waals surface area contributed by atoms with Crippen LogP contribution in [-0.4, -0.2) is 45.0 Å². The van der Waals surface area contributed by atoms with Crippen LogP contribution < -0.4 is 10.2 Å². The van der Waals surface area contributed by atoms with Crippen LogP contribution in [-0.2, 0) is 4.79 Å². The maximum absolute atomic E-state index is 12.2. The van der Waals surface area contributed by atoms with E-state index in [0.29, 0.717) is 12.2 Å². The average Bonchev–Trinajstić information content (AvgIpc) is 2.90. The molecule has 0 aliphatic rings. The number of aromatic nitrogens is 3. The van der Waals surface area contributed by atoms with E-state index in [9.17, 15) is 9.59 Å². The predicted octanol–water partition coefficient (Wildman–Crippen LogP) is 1.93. The van der Waals surface area contributed by atoms with Gasteiger partial charge in [-0.25, -0.2) is 9.48 Å². The Hall–Kier alpha value is -2.61. The molecule has 9 heteroatoms. The lowest BCUT2D eigenvalue weighted by molar-refractivity contribution is -0.118. The minimum atomic E-state index is -1.16. The van der Waals surface area contributed by atoms with Crippen LogP contribution in [0.2, 0.25) is 5.15 Å². The van der Waals surface area contributed by atoms with Gasteiger partial charge in [-0.2, -0.15) is 5.10 Å². The summed E-state index contributed by atoms with van der Waals surface area (Å²) < 4.78 is 1.54. The molecule has 2 heterocycles. The highest BCUT2D eigenvalue weighted by molar-refractivity contribution is 6.32. The van der Waals surface area contributed by atoms with Crippen molar-refractivity contribution < 1.29 is 14.7 Å². The smallest absolute Gasteiger partial charge is 0.404 e. The standard InChI is InChI=1S/C14H16ClN5O3/c1-2-19(12(21)5-7-17-14(22)23)11-9-20(18-13(11)15)10-4-3-6-16-8-10/h3-4,6,8-9,17H,2,5,7H2,1H3,(H,22,23). The van der Waals surface area contributed by atoms with Gasteiger partial charge in [-0.1, -0.05) is 11.6 Å². The van der Waals surface area contributed by atoms with E-state index < -0.39 is 6.09 Å². The predicted molar refractivity (Wildman–Crippen MR) is 85.0 cm³/mol. The van der Waals surface area contributed by atoms with E-state index >= 15 is 0 Å². The molecule has 0 radical (unpaired) electrons. The number of hydrogen-bond acceptors (Lipinski definition) is 4. The molecule has 2 amide bonds. The fourth-order valence-corrected chi connectivity index (χ4v) is 2.27. The highest BCUT2D eigenvalue weighted by Gasteiger charge is 2.20. The van der Waals surface area contributed by atoms with Crippen LogP contribution in [0.5, 0.6) is 0 Å². The molecule has 0 unspecified atom stereocenters. The van der Waals surface area contributed by atoms with Gasteiger partial charge in [0.2, 0.25) is 5.91 Å². The molecular weight excluding hydrogens is 322 g/mol. The third-order valence-electron chi connectivity index (χ3n) is 3.09. The second-order valence-corrected chi connectivity index (χ2v) is 4.94. The lowest BCUT2D eigenvalue weighted by atomic mass is 10.3. The number of carbonyl (C=O) groups is 2. The number of carbonyl (C=O) groups excluding carboxylic acids is 1. The van der Waals surface area contributed by atoms with Gasteiger partial charge in [0, 0.05) is 25.7 Å². The van der Waals surface area contributed by atoms with Crippen LogP contribution in [0.15, 0.2) is 30.7 Å². The van der Waals surface area contributed by atoms with Crippen molar-refractivity contribution in [1.29, 1.82) is 0 Å². The van der Waals surface area contributed by atoms with Gasteiger partial charge in [0.15, 0.2) is 5.15 Å². The summed E-state index contributed by atoms with van der Waals surface area (Å²) in [5, 5.41) is 15.1. The zero-order valence-electron chi connectivity index (χ0n) is 12.4. The molecule has 0 saturated heterocycles. The van der Waals surface area contributed by atoms with Crippen LogP contribution in [0.4, 0.5) is 10.5 Å². The first kappa shape index (κ1) is 16.8. The minimum absolute atomic E-state index is 0.0363. The highest BCUT2D eigenvalue weighted by Crippen LogP contribution is 2.26. The highest BCUT2D eigenvalue weighted by atomic mass is 35.5. The van der Waals surface area contributed by atoms with Crippen LogP contribution in [0, 0.1) is 0 Å². The van der Waals surface area contributed by atoms with Crippen LogP contribution in [0.1, 0.15) is 13.3 Å². The first-order chi connectivity index (χ1) is 11.0. The summed E-state index contributed by atoms with van der Waals surface area (Å²) in [6.07, 6.45) is 3.79. The summed E-state index contributed by atoms with van der Waals surface area (Å²) in [5.74, 6) is -0.242. The van der Waals surface area contributed by atoms with Gasteiger partial charge in [0.1, 0.15) is 5.69 Å². The minimum Gasteiger partial charge on any atom is -0.465 e. The van der Waals surface area contributed by atoms with Crippen molar-refractivity contribution >= 4 is 29.3 Å². The summed E-state index contributed by atoms with van der Waals surface area (Å²) >= 11 is 6.14. The number of rotatable bonds is 6. The molecule has 8 nitrogen and oxygen atoms in total. The monoisotopic (exact) mass is 337 g/mol. The summed E-state index contributed by atoms with van der Waals surface area (Å²) in [5.41, 5.74) is 1.19. The second kappa shape index (κ2) is 7.59. The maximum atomic E-state index is 12.2. The largest absolute Gasteiger partial charge is 0.465 e. The maximum Gasteiger partial charge on any atom is 0.404 e. The molecule has 0 spiro atoms. The van der Waals surface area contributed by atoms with E-state index in [1.54, 1.807) is 31.6 Å². The van der Waals surface area contributed by atoms with Crippen molar-refractivity contribution in [1.82, 2.24) is 20.1 Å². The van der Waals surface area contributed by atoms with E-state index in [4.69, 9.17) is 16.7 Å². The fourth-order valence-electron chi connectivity index (χ4n) is 2.04. The van der Waals surface area contributed by atoms with Crippen molar-refractivity contribution in [2.45, 2.75) is 13.3 Å². The summed E-state index contributed by atoms with van der Waals surface area (Å²) in [6.45, 7) is 2.24. The molecule has 0 aliphatic carbocycles. The second-order valence-electron chi connectivity index (χ2n) is 4.58. The van der Waals surface area contributed by atoms with E-state index in [1.807, 2.05) is 6.07 Å². The van der Waals surface area contributed by atoms with Gasteiger partial charge in [-0.15, -0.1) is 0 Å². The quantitative estimate of drug-likeness (QED) is 0.838. The van der Waals surface area contributed by atoms with E-state index in [2.05, 4.69) is 15.4 Å². The Balaban J connectivity index is 2.16. The van der Waals surface area contributed by atoms with Crippen LogP contribution in [0.3, 0.4) is 0 Å². The molecule has 2 aromatic rings. The number of nitrogens with one attached hydrogen (secondary N) is 1. The lowest BCUT2D eigenvalue weighted by Crippen LogP contribution is -2.34.